The van der Waals surface area contributed by atoms with Crippen LogP contribution in [0, 0.1) is 9.68 Å². The van der Waals surface area contributed by atoms with Crippen LogP contribution in [0.4, 0.5) is 0 Å². The summed E-state index contributed by atoms with van der Waals surface area (Å²) < 4.78 is 6.53. The Kier molecular flexibility index (Phi) is 4.70. The third-order valence-electron chi connectivity index (χ3n) is 3.55. The number of rotatable bonds is 4. The van der Waals surface area contributed by atoms with Crippen LogP contribution >= 0.6 is 22.6 Å². The molecule has 2 unspecified atom stereocenters. The molecule has 1 aromatic rings. The maximum absolute atomic E-state index is 5.55. The Morgan fingerprint density at radius 1 is 1.44 bits per heavy atom. The number of hydrogen-bond acceptors (Lipinski definition) is 2. The largest absolute Gasteiger partial charge is 0.454 e. The topological polar surface area (TPSA) is 25.2 Å². The zero-order valence-corrected chi connectivity index (χ0v) is 12.0. The van der Waals surface area contributed by atoms with Crippen molar-refractivity contribution in [3.05, 3.63) is 21.7 Å². The van der Waals surface area contributed by atoms with E-state index in [-0.39, 0.29) is 0 Å². The Morgan fingerprint density at radius 2 is 2.31 bits per heavy atom. The smallest absolute Gasteiger partial charge is 0.164 e. The highest BCUT2D eigenvalue weighted by Gasteiger charge is 2.20. The lowest BCUT2D eigenvalue weighted by molar-refractivity contribution is 0.273. The molecule has 0 aromatic carbocycles. The Morgan fingerprint density at radius 3 is 3.00 bits per heavy atom. The summed E-state index contributed by atoms with van der Waals surface area (Å²) in [5.41, 5.74) is 0. The molecule has 1 aromatic heterocycles. The maximum atomic E-state index is 5.55. The molecule has 0 spiro atoms. The van der Waals surface area contributed by atoms with Gasteiger partial charge >= 0.3 is 0 Å². The van der Waals surface area contributed by atoms with Crippen LogP contribution in [0.3, 0.4) is 0 Å². The fourth-order valence-corrected chi connectivity index (χ4v) is 3.00. The van der Waals surface area contributed by atoms with Gasteiger partial charge in [-0.05, 0) is 53.5 Å². The average molecular weight is 333 g/mol. The summed E-state index contributed by atoms with van der Waals surface area (Å²) in [4.78, 5) is 0. The second-order valence-corrected chi connectivity index (χ2v) is 5.79. The molecule has 1 heterocycles. The summed E-state index contributed by atoms with van der Waals surface area (Å²) in [7, 11) is 0. The molecule has 1 fully saturated rings. The zero-order chi connectivity index (χ0) is 11.4. The van der Waals surface area contributed by atoms with E-state index in [1.165, 1.54) is 32.1 Å². The fraction of sp³-hybridized carbons (Fsp3) is 0.692. The molecule has 0 amide bonds. The van der Waals surface area contributed by atoms with Crippen LogP contribution in [-0.4, -0.2) is 6.04 Å². The first-order valence-electron chi connectivity index (χ1n) is 6.25. The molecule has 0 saturated heterocycles. The highest BCUT2D eigenvalue weighted by atomic mass is 127. The van der Waals surface area contributed by atoms with Crippen LogP contribution in [0.2, 0.25) is 0 Å². The SMILES string of the molecule is CCC1CCCC(NCc2ccc(I)o2)C1. The van der Waals surface area contributed by atoms with Crippen molar-refractivity contribution in [2.24, 2.45) is 5.92 Å². The molecule has 1 aliphatic carbocycles. The Labute approximate surface area is 111 Å². The molecule has 0 radical (unpaired) electrons. The second kappa shape index (κ2) is 6.05. The minimum atomic E-state index is 0.696. The van der Waals surface area contributed by atoms with Gasteiger partial charge in [0.05, 0.1) is 6.54 Å². The van der Waals surface area contributed by atoms with Gasteiger partial charge in [0.2, 0.25) is 0 Å². The summed E-state index contributed by atoms with van der Waals surface area (Å²) in [6.07, 6.45) is 6.80. The molecule has 1 saturated carbocycles. The Balaban J connectivity index is 1.77. The first-order chi connectivity index (χ1) is 7.78. The van der Waals surface area contributed by atoms with Gasteiger partial charge < -0.3 is 9.73 Å². The van der Waals surface area contributed by atoms with Crippen LogP contribution in [0.5, 0.6) is 0 Å². The van der Waals surface area contributed by atoms with E-state index in [2.05, 4.69) is 40.9 Å². The molecule has 2 atom stereocenters. The van der Waals surface area contributed by atoms with Crippen molar-refractivity contribution in [2.75, 3.05) is 0 Å². The summed E-state index contributed by atoms with van der Waals surface area (Å²) in [6.45, 7) is 3.19. The lowest BCUT2D eigenvalue weighted by Gasteiger charge is -2.28. The van der Waals surface area contributed by atoms with E-state index in [0.29, 0.717) is 6.04 Å². The number of halogens is 1. The molecular weight excluding hydrogens is 313 g/mol. The normalized spacial score (nSPS) is 25.9. The van der Waals surface area contributed by atoms with Gasteiger partial charge in [-0.3, -0.25) is 0 Å². The first kappa shape index (κ1) is 12.4. The monoisotopic (exact) mass is 333 g/mol. The lowest BCUT2D eigenvalue weighted by atomic mass is 9.84. The van der Waals surface area contributed by atoms with Crippen LogP contribution < -0.4 is 5.32 Å². The lowest BCUT2D eigenvalue weighted by Crippen LogP contribution is -2.33. The van der Waals surface area contributed by atoms with Crippen LogP contribution in [0.25, 0.3) is 0 Å². The van der Waals surface area contributed by atoms with E-state index >= 15 is 0 Å². The van der Waals surface area contributed by atoms with Crippen molar-refractivity contribution >= 4 is 22.6 Å². The molecule has 16 heavy (non-hydrogen) atoms. The summed E-state index contributed by atoms with van der Waals surface area (Å²) in [5, 5.41) is 3.62. The van der Waals surface area contributed by atoms with E-state index in [1.54, 1.807) is 0 Å². The van der Waals surface area contributed by atoms with Crippen molar-refractivity contribution in [3.8, 4) is 0 Å². The molecule has 0 bridgehead atoms. The van der Waals surface area contributed by atoms with Crippen molar-refractivity contribution in [3.63, 3.8) is 0 Å². The average Bonchev–Trinajstić information content (AvgIpc) is 2.73. The zero-order valence-electron chi connectivity index (χ0n) is 9.84. The minimum Gasteiger partial charge on any atom is -0.454 e. The van der Waals surface area contributed by atoms with Crippen molar-refractivity contribution < 1.29 is 4.42 Å². The highest BCUT2D eigenvalue weighted by molar-refractivity contribution is 14.1. The summed E-state index contributed by atoms with van der Waals surface area (Å²) in [6, 6.07) is 4.78. The van der Waals surface area contributed by atoms with Crippen LogP contribution in [0.1, 0.15) is 44.8 Å². The van der Waals surface area contributed by atoms with E-state index in [9.17, 15) is 0 Å². The molecule has 1 aliphatic rings. The van der Waals surface area contributed by atoms with E-state index in [4.69, 9.17) is 4.42 Å². The van der Waals surface area contributed by atoms with Gasteiger partial charge in [0.25, 0.3) is 0 Å². The van der Waals surface area contributed by atoms with Gasteiger partial charge in [0.15, 0.2) is 3.77 Å². The van der Waals surface area contributed by atoms with E-state index in [1.807, 2.05) is 6.07 Å². The summed E-state index contributed by atoms with van der Waals surface area (Å²) in [5.74, 6) is 1.99. The number of hydrogen-bond donors (Lipinski definition) is 1. The molecule has 3 heteroatoms. The van der Waals surface area contributed by atoms with Gasteiger partial charge in [-0.25, -0.2) is 0 Å². The molecule has 2 rings (SSSR count). The predicted molar refractivity (Wildman–Crippen MR) is 74.3 cm³/mol. The Hall–Kier alpha value is -0.0300. The predicted octanol–water partition coefficient (Wildman–Crippen LogP) is 3.94. The van der Waals surface area contributed by atoms with Crippen molar-refractivity contribution in [2.45, 2.75) is 51.6 Å². The fourth-order valence-electron chi connectivity index (χ4n) is 2.54. The highest BCUT2D eigenvalue weighted by Crippen LogP contribution is 2.26. The Bertz CT molecular complexity index is 323. The standard InChI is InChI=1S/C13H20INO/c1-2-10-4-3-5-11(8-10)15-9-12-6-7-13(14)16-12/h6-7,10-11,15H,2-5,8-9H2,1H3. The second-order valence-electron chi connectivity index (χ2n) is 4.72. The maximum Gasteiger partial charge on any atom is 0.164 e. The van der Waals surface area contributed by atoms with Gasteiger partial charge in [0, 0.05) is 6.04 Å². The van der Waals surface area contributed by atoms with Crippen LogP contribution in [0.15, 0.2) is 16.5 Å². The van der Waals surface area contributed by atoms with Gasteiger partial charge in [-0.2, -0.15) is 0 Å². The van der Waals surface area contributed by atoms with Gasteiger partial charge in [0.1, 0.15) is 5.76 Å². The van der Waals surface area contributed by atoms with E-state index < -0.39 is 0 Å². The molecule has 1 N–H and O–H groups in total. The number of nitrogens with one attached hydrogen (secondary N) is 1. The quantitative estimate of drug-likeness (QED) is 0.845. The number of furan rings is 1. The minimum absolute atomic E-state index is 0.696. The van der Waals surface area contributed by atoms with Gasteiger partial charge in [-0.15, -0.1) is 0 Å². The van der Waals surface area contributed by atoms with Crippen molar-refractivity contribution in [1.29, 1.82) is 0 Å². The van der Waals surface area contributed by atoms with Crippen LogP contribution in [-0.2, 0) is 6.54 Å². The molecule has 0 aliphatic heterocycles. The molecule has 2 nitrogen and oxygen atoms in total. The van der Waals surface area contributed by atoms with Crippen molar-refractivity contribution in [1.82, 2.24) is 5.32 Å². The third-order valence-corrected chi connectivity index (χ3v) is 4.13. The van der Waals surface area contributed by atoms with Gasteiger partial charge in [-0.1, -0.05) is 26.2 Å². The molecular formula is C13H20INO. The van der Waals surface area contributed by atoms with E-state index in [0.717, 1.165) is 22.0 Å². The first-order valence-corrected chi connectivity index (χ1v) is 7.33. The molecule has 90 valence electrons. The third kappa shape index (κ3) is 3.48. The summed E-state index contributed by atoms with van der Waals surface area (Å²) >= 11 is 2.21.